The SMILES string of the molecule is COc1ccccc1Nc1nc(N)nc(CSCc2ccc(C)cc2)n1. The first-order valence-electron chi connectivity index (χ1n) is 8.18. The first-order chi connectivity index (χ1) is 12.6. The van der Waals surface area contributed by atoms with Gasteiger partial charge in [-0.2, -0.15) is 15.0 Å². The van der Waals surface area contributed by atoms with Crippen molar-refractivity contribution in [1.29, 1.82) is 0 Å². The Morgan fingerprint density at radius 3 is 2.54 bits per heavy atom. The second-order valence-corrected chi connectivity index (χ2v) is 6.72. The second kappa shape index (κ2) is 8.53. The number of nitrogens with one attached hydrogen (secondary N) is 1. The predicted molar refractivity (Wildman–Crippen MR) is 107 cm³/mol. The molecule has 0 radical (unpaired) electrons. The largest absolute Gasteiger partial charge is 0.495 e. The van der Waals surface area contributed by atoms with E-state index in [2.05, 4.69) is 51.5 Å². The Labute approximate surface area is 157 Å². The fourth-order valence-corrected chi connectivity index (χ4v) is 3.21. The number of nitrogens with two attached hydrogens (primary N) is 1. The topological polar surface area (TPSA) is 86.0 Å². The number of ether oxygens (including phenoxy) is 1. The van der Waals surface area contributed by atoms with Crippen molar-refractivity contribution in [1.82, 2.24) is 15.0 Å². The third-order valence-corrected chi connectivity index (χ3v) is 4.67. The number of anilines is 3. The summed E-state index contributed by atoms with van der Waals surface area (Å²) in [6, 6.07) is 16.1. The van der Waals surface area contributed by atoms with Crippen molar-refractivity contribution in [2.24, 2.45) is 0 Å². The summed E-state index contributed by atoms with van der Waals surface area (Å²) in [6.07, 6.45) is 0. The monoisotopic (exact) mass is 367 g/mol. The highest BCUT2D eigenvalue weighted by Gasteiger charge is 2.08. The molecule has 0 aliphatic carbocycles. The molecule has 0 aliphatic rings. The van der Waals surface area contributed by atoms with E-state index in [0.29, 0.717) is 23.3 Å². The van der Waals surface area contributed by atoms with Gasteiger partial charge in [-0.3, -0.25) is 0 Å². The van der Waals surface area contributed by atoms with Crippen LogP contribution in [0.15, 0.2) is 48.5 Å². The van der Waals surface area contributed by atoms with E-state index in [1.165, 1.54) is 11.1 Å². The molecule has 1 heterocycles. The Balaban J connectivity index is 1.66. The Kier molecular flexibility index (Phi) is 5.91. The number of hydrogen-bond donors (Lipinski definition) is 2. The van der Waals surface area contributed by atoms with Crippen LogP contribution in [-0.2, 0) is 11.5 Å². The molecule has 0 saturated heterocycles. The summed E-state index contributed by atoms with van der Waals surface area (Å²) >= 11 is 1.74. The van der Waals surface area contributed by atoms with Crippen LogP contribution >= 0.6 is 11.8 Å². The van der Waals surface area contributed by atoms with Crippen molar-refractivity contribution in [3.8, 4) is 5.75 Å². The van der Waals surface area contributed by atoms with Crippen LogP contribution in [0.25, 0.3) is 0 Å². The first kappa shape index (κ1) is 18.0. The van der Waals surface area contributed by atoms with E-state index in [1.54, 1.807) is 18.9 Å². The quantitative estimate of drug-likeness (QED) is 0.654. The minimum atomic E-state index is 0.198. The van der Waals surface area contributed by atoms with Gasteiger partial charge in [0.25, 0.3) is 0 Å². The van der Waals surface area contributed by atoms with Gasteiger partial charge in [0.15, 0.2) is 0 Å². The Morgan fingerprint density at radius 1 is 1.00 bits per heavy atom. The summed E-state index contributed by atoms with van der Waals surface area (Å²) in [6.45, 7) is 2.08. The average molecular weight is 367 g/mol. The molecule has 3 N–H and O–H groups in total. The number of para-hydroxylation sites is 2. The van der Waals surface area contributed by atoms with Crippen LogP contribution in [-0.4, -0.2) is 22.1 Å². The van der Waals surface area contributed by atoms with Crippen LogP contribution < -0.4 is 15.8 Å². The van der Waals surface area contributed by atoms with Crippen LogP contribution in [0.3, 0.4) is 0 Å². The molecule has 134 valence electrons. The maximum absolute atomic E-state index is 5.84. The molecule has 0 aliphatic heterocycles. The van der Waals surface area contributed by atoms with Crippen LogP contribution in [0, 0.1) is 6.92 Å². The molecule has 0 bridgehead atoms. The van der Waals surface area contributed by atoms with Crippen molar-refractivity contribution in [2.75, 3.05) is 18.2 Å². The summed E-state index contributed by atoms with van der Waals surface area (Å²) in [5.74, 6) is 3.51. The van der Waals surface area contributed by atoms with Gasteiger partial charge in [0.05, 0.1) is 18.6 Å². The lowest BCUT2D eigenvalue weighted by Gasteiger charge is -2.10. The molecule has 3 rings (SSSR count). The average Bonchev–Trinajstić information content (AvgIpc) is 2.63. The summed E-state index contributed by atoms with van der Waals surface area (Å²) in [5.41, 5.74) is 9.15. The number of benzene rings is 2. The van der Waals surface area contributed by atoms with Gasteiger partial charge in [-0.15, -0.1) is 11.8 Å². The maximum Gasteiger partial charge on any atom is 0.232 e. The smallest absolute Gasteiger partial charge is 0.232 e. The van der Waals surface area contributed by atoms with Crippen molar-refractivity contribution in [2.45, 2.75) is 18.4 Å². The molecule has 7 heteroatoms. The van der Waals surface area contributed by atoms with Crippen molar-refractivity contribution in [3.05, 3.63) is 65.5 Å². The highest BCUT2D eigenvalue weighted by molar-refractivity contribution is 7.97. The summed E-state index contributed by atoms with van der Waals surface area (Å²) in [5, 5.41) is 3.14. The number of hydrogen-bond acceptors (Lipinski definition) is 7. The molecule has 6 nitrogen and oxygen atoms in total. The lowest BCUT2D eigenvalue weighted by molar-refractivity contribution is 0.417. The van der Waals surface area contributed by atoms with Crippen molar-refractivity contribution in [3.63, 3.8) is 0 Å². The van der Waals surface area contributed by atoms with Gasteiger partial charge >= 0.3 is 0 Å². The first-order valence-corrected chi connectivity index (χ1v) is 9.33. The van der Waals surface area contributed by atoms with Gasteiger partial charge < -0.3 is 15.8 Å². The molecule has 0 atom stereocenters. The van der Waals surface area contributed by atoms with E-state index in [4.69, 9.17) is 10.5 Å². The molecular weight excluding hydrogens is 346 g/mol. The van der Waals surface area contributed by atoms with Crippen LogP contribution in [0.1, 0.15) is 17.0 Å². The van der Waals surface area contributed by atoms with Gasteiger partial charge in [0.2, 0.25) is 11.9 Å². The second-order valence-electron chi connectivity index (χ2n) is 5.74. The molecule has 1 aromatic heterocycles. The lowest BCUT2D eigenvalue weighted by Crippen LogP contribution is -2.07. The molecular formula is C19H21N5OS. The van der Waals surface area contributed by atoms with E-state index in [-0.39, 0.29) is 5.95 Å². The normalized spacial score (nSPS) is 10.5. The van der Waals surface area contributed by atoms with E-state index in [0.717, 1.165) is 11.4 Å². The van der Waals surface area contributed by atoms with Gasteiger partial charge in [-0.25, -0.2) is 0 Å². The molecule has 0 fully saturated rings. The van der Waals surface area contributed by atoms with Gasteiger partial charge in [0, 0.05) is 5.75 Å². The molecule has 2 aromatic carbocycles. The van der Waals surface area contributed by atoms with Gasteiger partial charge in [-0.05, 0) is 24.6 Å². The highest BCUT2D eigenvalue weighted by Crippen LogP contribution is 2.26. The number of aryl methyl sites for hydroxylation is 1. The van der Waals surface area contributed by atoms with E-state index in [9.17, 15) is 0 Å². The summed E-state index contributed by atoms with van der Waals surface area (Å²) in [7, 11) is 1.62. The van der Waals surface area contributed by atoms with E-state index < -0.39 is 0 Å². The van der Waals surface area contributed by atoms with E-state index in [1.807, 2.05) is 24.3 Å². The molecule has 0 amide bonds. The van der Waals surface area contributed by atoms with Crippen molar-refractivity contribution < 1.29 is 4.74 Å². The minimum Gasteiger partial charge on any atom is -0.495 e. The number of rotatable bonds is 7. The zero-order valence-electron chi connectivity index (χ0n) is 14.8. The summed E-state index contributed by atoms with van der Waals surface area (Å²) in [4.78, 5) is 12.8. The maximum atomic E-state index is 5.84. The minimum absolute atomic E-state index is 0.198. The molecule has 0 saturated carbocycles. The van der Waals surface area contributed by atoms with Crippen LogP contribution in [0.2, 0.25) is 0 Å². The third kappa shape index (κ3) is 4.86. The van der Waals surface area contributed by atoms with Gasteiger partial charge in [-0.1, -0.05) is 42.0 Å². The van der Waals surface area contributed by atoms with Crippen LogP contribution in [0.4, 0.5) is 17.6 Å². The third-order valence-electron chi connectivity index (χ3n) is 3.67. The highest BCUT2D eigenvalue weighted by atomic mass is 32.2. The molecule has 3 aromatic rings. The van der Waals surface area contributed by atoms with Crippen LogP contribution in [0.5, 0.6) is 5.75 Å². The Hall–Kier alpha value is -2.80. The van der Waals surface area contributed by atoms with Crippen molar-refractivity contribution >= 4 is 29.3 Å². The summed E-state index contributed by atoms with van der Waals surface area (Å²) < 4.78 is 5.33. The fraction of sp³-hybridized carbons (Fsp3) is 0.211. The zero-order chi connectivity index (χ0) is 18.4. The number of nitrogen functional groups attached to an aromatic ring is 1. The van der Waals surface area contributed by atoms with Gasteiger partial charge in [0.1, 0.15) is 11.6 Å². The fourth-order valence-electron chi connectivity index (χ4n) is 2.37. The van der Waals surface area contributed by atoms with E-state index >= 15 is 0 Å². The standard InChI is InChI=1S/C19H21N5OS/c1-13-7-9-14(10-8-13)11-26-12-17-22-18(20)24-19(23-17)21-15-5-3-4-6-16(15)25-2/h3-10H,11-12H2,1-2H3,(H3,20,21,22,23,24). The number of aromatic nitrogens is 3. The molecule has 26 heavy (non-hydrogen) atoms. The lowest BCUT2D eigenvalue weighted by atomic mass is 10.2. The Morgan fingerprint density at radius 2 is 1.77 bits per heavy atom. The zero-order valence-corrected chi connectivity index (χ0v) is 15.6. The Bertz CT molecular complexity index is 870. The predicted octanol–water partition coefficient (Wildman–Crippen LogP) is 3.95. The number of nitrogens with zero attached hydrogens (tertiary/aromatic N) is 3. The molecule has 0 unspecified atom stereocenters. The number of methoxy groups -OCH3 is 1. The molecule has 0 spiro atoms. The number of thioether (sulfide) groups is 1.